The van der Waals surface area contributed by atoms with Gasteiger partial charge in [-0.3, -0.25) is 9.89 Å². The monoisotopic (exact) mass is 371 g/mol. The number of fused-ring (bicyclic) bond motifs is 1. The Morgan fingerprint density at radius 3 is 3.00 bits per heavy atom. The van der Waals surface area contributed by atoms with Crippen LogP contribution in [-0.2, 0) is 4.79 Å². The van der Waals surface area contributed by atoms with E-state index in [9.17, 15) is 4.79 Å². The molecule has 1 saturated heterocycles. The SMILES string of the molecule is Cc1cc(Cl)cc(NCC(=O)N2CC(Nc3ncnc4[nH]ncc34)C2)c1. The second-order valence-corrected chi connectivity index (χ2v) is 6.80. The number of anilines is 2. The fourth-order valence-corrected chi connectivity index (χ4v) is 3.26. The van der Waals surface area contributed by atoms with Crippen LogP contribution < -0.4 is 10.6 Å². The number of likely N-dealkylation sites (tertiary alicyclic amines) is 1. The van der Waals surface area contributed by atoms with E-state index in [-0.39, 0.29) is 18.5 Å². The van der Waals surface area contributed by atoms with Gasteiger partial charge < -0.3 is 15.5 Å². The molecular weight excluding hydrogens is 354 g/mol. The van der Waals surface area contributed by atoms with Crippen molar-refractivity contribution in [2.75, 3.05) is 30.3 Å². The van der Waals surface area contributed by atoms with Crippen molar-refractivity contribution in [1.29, 1.82) is 0 Å². The van der Waals surface area contributed by atoms with E-state index in [0.717, 1.165) is 22.5 Å². The summed E-state index contributed by atoms with van der Waals surface area (Å²) in [6.45, 7) is 3.48. The van der Waals surface area contributed by atoms with Crippen LogP contribution >= 0.6 is 11.6 Å². The van der Waals surface area contributed by atoms with Crippen molar-refractivity contribution in [1.82, 2.24) is 25.1 Å². The van der Waals surface area contributed by atoms with Gasteiger partial charge in [0, 0.05) is 23.8 Å². The molecule has 134 valence electrons. The number of benzene rings is 1. The Kier molecular flexibility index (Phi) is 4.34. The summed E-state index contributed by atoms with van der Waals surface area (Å²) >= 11 is 6.04. The Bertz CT molecular complexity index is 931. The van der Waals surface area contributed by atoms with Crippen molar-refractivity contribution in [3.05, 3.63) is 41.3 Å². The highest BCUT2D eigenvalue weighted by atomic mass is 35.5. The molecule has 9 heteroatoms. The molecule has 0 saturated carbocycles. The number of carbonyl (C=O) groups excluding carboxylic acids is 1. The molecule has 1 aliphatic rings. The number of carbonyl (C=O) groups is 1. The number of nitrogens with zero attached hydrogens (tertiary/aromatic N) is 4. The maximum Gasteiger partial charge on any atom is 0.242 e. The van der Waals surface area contributed by atoms with Gasteiger partial charge in [0.15, 0.2) is 5.65 Å². The van der Waals surface area contributed by atoms with Crippen LogP contribution in [0.1, 0.15) is 5.56 Å². The lowest BCUT2D eigenvalue weighted by molar-refractivity contribution is -0.133. The molecule has 0 radical (unpaired) electrons. The topological polar surface area (TPSA) is 98.8 Å². The fraction of sp³-hybridized carbons (Fsp3) is 0.294. The quantitative estimate of drug-likeness (QED) is 0.635. The smallest absolute Gasteiger partial charge is 0.242 e. The molecule has 2 aromatic heterocycles. The van der Waals surface area contributed by atoms with E-state index < -0.39 is 0 Å². The van der Waals surface area contributed by atoms with Crippen molar-refractivity contribution in [2.45, 2.75) is 13.0 Å². The zero-order valence-electron chi connectivity index (χ0n) is 14.2. The highest BCUT2D eigenvalue weighted by molar-refractivity contribution is 6.30. The fourth-order valence-electron chi connectivity index (χ4n) is 2.97. The Balaban J connectivity index is 1.29. The van der Waals surface area contributed by atoms with Crippen LogP contribution in [0, 0.1) is 6.92 Å². The van der Waals surface area contributed by atoms with Gasteiger partial charge in [-0.25, -0.2) is 9.97 Å². The maximum atomic E-state index is 12.3. The number of nitrogens with one attached hydrogen (secondary N) is 3. The minimum Gasteiger partial charge on any atom is -0.376 e. The van der Waals surface area contributed by atoms with Crippen LogP contribution in [0.15, 0.2) is 30.7 Å². The van der Waals surface area contributed by atoms with Gasteiger partial charge in [0.1, 0.15) is 12.1 Å². The summed E-state index contributed by atoms with van der Waals surface area (Å²) in [7, 11) is 0. The van der Waals surface area contributed by atoms with Crippen LogP contribution in [-0.4, -0.2) is 56.6 Å². The summed E-state index contributed by atoms with van der Waals surface area (Å²) in [4.78, 5) is 22.5. The molecule has 1 amide bonds. The molecule has 3 N–H and O–H groups in total. The van der Waals surface area contributed by atoms with E-state index in [4.69, 9.17) is 11.6 Å². The minimum atomic E-state index is 0.0526. The molecular formula is C17H18ClN7O. The Morgan fingerprint density at radius 1 is 1.35 bits per heavy atom. The molecule has 1 aliphatic heterocycles. The number of hydrogen-bond acceptors (Lipinski definition) is 6. The van der Waals surface area contributed by atoms with Gasteiger partial charge in [0.2, 0.25) is 5.91 Å². The maximum absolute atomic E-state index is 12.3. The molecule has 3 aromatic rings. The Morgan fingerprint density at radius 2 is 2.19 bits per heavy atom. The Hall–Kier alpha value is -2.87. The summed E-state index contributed by atoms with van der Waals surface area (Å²) in [5.41, 5.74) is 2.59. The van der Waals surface area contributed by atoms with Crippen molar-refractivity contribution < 1.29 is 4.79 Å². The number of rotatable bonds is 5. The summed E-state index contributed by atoms with van der Waals surface area (Å²) in [5, 5.41) is 14.8. The van der Waals surface area contributed by atoms with E-state index >= 15 is 0 Å². The summed E-state index contributed by atoms with van der Waals surface area (Å²) < 4.78 is 0. The van der Waals surface area contributed by atoms with Gasteiger partial charge in [-0.15, -0.1) is 0 Å². The van der Waals surface area contributed by atoms with Crippen LogP contribution in [0.2, 0.25) is 5.02 Å². The van der Waals surface area contributed by atoms with Gasteiger partial charge in [-0.2, -0.15) is 5.10 Å². The second kappa shape index (κ2) is 6.80. The third-order valence-electron chi connectivity index (χ3n) is 4.31. The van der Waals surface area contributed by atoms with Crippen molar-refractivity contribution in [2.24, 2.45) is 0 Å². The van der Waals surface area contributed by atoms with Gasteiger partial charge in [0.25, 0.3) is 0 Å². The zero-order chi connectivity index (χ0) is 18.1. The van der Waals surface area contributed by atoms with Crippen LogP contribution in [0.5, 0.6) is 0 Å². The van der Waals surface area contributed by atoms with Gasteiger partial charge in [-0.1, -0.05) is 11.6 Å². The highest BCUT2D eigenvalue weighted by Crippen LogP contribution is 2.21. The van der Waals surface area contributed by atoms with Gasteiger partial charge in [-0.05, 0) is 30.7 Å². The number of amides is 1. The van der Waals surface area contributed by atoms with Gasteiger partial charge >= 0.3 is 0 Å². The molecule has 1 aromatic carbocycles. The van der Waals surface area contributed by atoms with E-state index in [1.165, 1.54) is 6.33 Å². The summed E-state index contributed by atoms with van der Waals surface area (Å²) in [6, 6.07) is 5.82. The summed E-state index contributed by atoms with van der Waals surface area (Å²) in [6.07, 6.45) is 3.18. The average molecular weight is 372 g/mol. The van der Waals surface area contributed by atoms with Crippen LogP contribution in [0.3, 0.4) is 0 Å². The molecule has 8 nitrogen and oxygen atoms in total. The van der Waals surface area contributed by atoms with E-state index in [2.05, 4.69) is 30.8 Å². The number of hydrogen-bond donors (Lipinski definition) is 3. The van der Waals surface area contributed by atoms with Crippen LogP contribution in [0.25, 0.3) is 11.0 Å². The minimum absolute atomic E-state index is 0.0526. The second-order valence-electron chi connectivity index (χ2n) is 6.37. The lowest BCUT2D eigenvalue weighted by Gasteiger charge is -2.40. The highest BCUT2D eigenvalue weighted by Gasteiger charge is 2.30. The van der Waals surface area contributed by atoms with E-state index in [0.29, 0.717) is 23.8 Å². The van der Waals surface area contributed by atoms with Crippen LogP contribution in [0.4, 0.5) is 11.5 Å². The number of halogens is 1. The molecule has 4 rings (SSSR count). The zero-order valence-corrected chi connectivity index (χ0v) is 14.9. The predicted molar refractivity (Wildman–Crippen MR) is 100 cm³/mol. The third-order valence-corrected chi connectivity index (χ3v) is 4.53. The summed E-state index contributed by atoms with van der Waals surface area (Å²) in [5.74, 6) is 0.783. The largest absolute Gasteiger partial charge is 0.376 e. The molecule has 0 bridgehead atoms. The third kappa shape index (κ3) is 3.41. The molecule has 0 aliphatic carbocycles. The predicted octanol–water partition coefficient (Wildman–Crippen LogP) is 2.05. The standard InChI is InChI=1S/C17H18ClN7O/c1-10-2-11(18)4-12(3-10)19-6-15(26)25-7-13(8-25)23-16-14-5-22-24-17(14)21-9-20-16/h2-5,9,13,19H,6-8H2,1H3,(H2,20,21,22,23,24). The van der Waals surface area contributed by atoms with E-state index in [1.54, 1.807) is 11.1 Å². The molecule has 26 heavy (non-hydrogen) atoms. The first kappa shape index (κ1) is 16.6. The molecule has 0 spiro atoms. The normalized spacial score (nSPS) is 14.3. The number of aromatic amines is 1. The Labute approximate surface area is 155 Å². The molecule has 0 unspecified atom stereocenters. The lowest BCUT2D eigenvalue weighted by Crippen LogP contribution is -2.58. The van der Waals surface area contributed by atoms with Gasteiger partial charge in [0.05, 0.1) is 24.2 Å². The average Bonchev–Trinajstić information content (AvgIpc) is 3.04. The number of aryl methyl sites for hydroxylation is 1. The lowest BCUT2D eigenvalue weighted by atomic mass is 10.1. The number of H-pyrrole nitrogens is 1. The molecule has 1 fully saturated rings. The first-order valence-electron chi connectivity index (χ1n) is 8.28. The van der Waals surface area contributed by atoms with E-state index in [1.807, 2.05) is 25.1 Å². The first-order chi connectivity index (χ1) is 12.6. The molecule has 3 heterocycles. The van der Waals surface area contributed by atoms with Crippen molar-refractivity contribution in [3.63, 3.8) is 0 Å². The van der Waals surface area contributed by atoms with Crippen molar-refractivity contribution in [3.8, 4) is 0 Å². The first-order valence-corrected chi connectivity index (χ1v) is 8.66. The molecule has 0 atom stereocenters. The van der Waals surface area contributed by atoms with Crippen molar-refractivity contribution >= 4 is 40.0 Å². The number of aromatic nitrogens is 4.